The Morgan fingerprint density at radius 2 is 1.78 bits per heavy atom. The normalized spacial score (nSPS) is 11.0. The summed E-state index contributed by atoms with van der Waals surface area (Å²) in [5, 5.41) is 1.06. The highest BCUT2D eigenvalue weighted by molar-refractivity contribution is 9.10. The van der Waals surface area contributed by atoms with E-state index in [-0.39, 0.29) is 5.92 Å². The van der Waals surface area contributed by atoms with Crippen molar-refractivity contribution >= 4 is 39.1 Å². The quantitative estimate of drug-likeness (QED) is 0.687. The van der Waals surface area contributed by atoms with E-state index in [0.29, 0.717) is 10.0 Å². The predicted octanol–water partition coefficient (Wildman–Crippen LogP) is 5.34. The summed E-state index contributed by atoms with van der Waals surface area (Å²) in [6.07, 6.45) is 0. The van der Waals surface area contributed by atoms with Gasteiger partial charge in [0.05, 0.1) is 15.7 Å². The molecule has 0 aliphatic heterocycles. The van der Waals surface area contributed by atoms with E-state index in [1.165, 1.54) is 0 Å². The summed E-state index contributed by atoms with van der Waals surface area (Å²) in [6, 6.07) is 7.34. The van der Waals surface area contributed by atoms with Gasteiger partial charge in [-0.05, 0) is 34.1 Å². The highest BCUT2D eigenvalue weighted by Gasteiger charge is 2.09. The van der Waals surface area contributed by atoms with Gasteiger partial charge in [-0.3, -0.25) is 0 Å². The van der Waals surface area contributed by atoms with Crippen LogP contribution in [0.5, 0.6) is 0 Å². The molecule has 0 saturated carbocycles. The molecule has 5 heteroatoms. The predicted molar refractivity (Wildman–Crippen MR) is 79.3 cm³/mol. The fourth-order valence-corrected chi connectivity index (χ4v) is 2.19. The van der Waals surface area contributed by atoms with Crippen molar-refractivity contribution < 1.29 is 0 Å². The first-order chi connectivity index (χ1) is 8.47. The third-order valence-corrected chi connectivity index (χ3v) is 3.59. The Hall–Kier alpha value is -0.640. The van der Waals surface area contributed by atoms with Gasteiger partial charge in [-0.2, -0.15) is 0 Å². The lowest BCUT2D eigenvalue weighted by atomic mass is 10.1. The maximum atomic E-state index is 6.02. The van der Waals surface area contributed by atoms with Gasteiger partial charge in [-0.25, -0.2) is 9.97 Å². The van der Waals surface area contributed by atoms with Crippen molar-refractivity contribution in [2.45, 2.75) is 19.8 Å². The van der Waals surface area contributed by atoms with Gasteiger partial charge in [-0.1, -0.05) is 43.1 Å². The molecule has 0 unspecified atom stereocenters. The molecule has 0 bridgehead atoms. The molecular formula is C13H11BrCl2N2. The van der Waals surface area contributed by atoms with Gasteiger partial charge >= 0.3 is 0 Å². The summed E-state index contributed by atoms with van der Waals surface area (Å²) >= 11 is 15.3. The third kappa shape index (κ3) is 3.02. The molecule has 0 aliphatic carbocycles. The van der Waals surface area contributed by atoms with Crippen LogP contribution in [0, 0.1) is 0 Å². The Kier molecular flexibility index (Phi) is 4.25. The molecule has 0 spiro atoms. The van der Waals surface area contributed by atoms with E-state index in [1.54, 1.807) is 6.07 Å². The van der Waals surface area contributed by atoms with Gasteiger partial charge in [0.15, 0.2) is 0 Å². The minimum Gasteiger partial charge on any atom is -0.233 e. The maximum absolute atomic E-state index is 6.02. The lowest BCUT2D eigenvalue weighted by Gasteiger charge is -2.08. The standard InChI is InChI=1S/C13H11BrCl2N2/c1-7(2)13-17-11(6-12(14)18-13)8-3-4-9(15)10(16)5-8/h3-7H,1-2H3. The topological polar surface area (TPSA) is 25.8 Å². The summed E-state index contributed by atoms with van der Waals surface area (Å²) < 4.78 is 0.766. The Bertz CT molecular complexity index is 585. The van der Waals surface area contributed by atoms with Gasteiger partial charge < -0.3 is 0 Å². The van der Waals surface area contributed by atoms with Crippen molar-refractivity contribution in [1.29, 1.82) is 0 Å². The molecule has 2 rings (SSSR count). The van der Waals surface area contributed by atoms with E-state index < -0.39 is 0 Å². The second kappa shape index (κ2) is 5.55. The van der Waals surface area contributed by atoms with Crippen LogP contribution < -0.4 is 0 Å². The number of hydrogen-bond acceptors (Lipinski definition) is 2. The van der Waals surface area contributed by atoms with Gasteiger partial charge in [0.25, 0.3) is 0 Å². The molecular weight excluding hydrogens is 335 g/mol. The third-order valence-electron chi connectivity index (χ3n) is 2.44. The van der Waals surface area contributed by atoms with Crippen molar-refractivity contribution in [1.82, 2.24) is 9.97 Å². The van der Waals surface area contributed by atoms with E-state index in [2.05, 4.69) is 39.7 Å². The molecule has 2 aromatic rings. The van der Waals surface area contributed by atoms with Crippen LogP contribution in [0.1, 0.15) is 25.6 Å². The molecule has 94 valence electrons. The van der Waals surface area contributed by atoms with Crippen molar-refractivity contribution in [3.63, 3.8) is 0 Å². The molecule has 0 N–H and O–H groups in total. The average molecular weight is 346 g/mol. The lowest BCUT2D eigenvalue weighted by molar-refractivity contribution is 0.771. The zero-order chi connectivity index (χ0) is 13.3. The minimum absolute atomic E-state index is 0.268. The molecule has 1 aromatic carbocycles. The van der Waals surface area contributed by atoms with Crippen LogP contribution in [0.3, 0.4) is 0 Å². The van der Waals surface area contributed by atoms with E-state index in [9.17, 15) is 0 Å². The number of hydrogen-bond donors (Lipinski definition) is 0. The summed E-state index contributed by atoms with van der Waals surface area (Å²) in [5.41, 5.74) is 1.76. The van der Waals surface area contributed by atoms with Crippen LogP contribution in [-0.4, -0.2) is 9.97 Å². The van der Waals surface area contributed by atoms with Crippen molar-refractivity contribution in [2.75, 3.05) is 0 Å². The van der Waals surface area contributed by atoms with E-state index in [0.717, 1.165) is 21.7 Å². The highest BCUT2D eigenvalue weighted by atomic mass is 79.9. The molecule has 0 saturated heterocycles. The zero-order valence-electron chi connectivity index (χ0n) is 9.92. The first kappa shape index (κ1) is 13.8. The summed E-state index contributed by atoms with van der Waals surface area (Å²) in [5.74, 6) is 1.06. The number of halogens is 3. The minimum atomic E-state index is 0.268. The molecule has 1 heterocycles. The number of nitrogens with zero attached hydrogens (tertiary/aromatic N) is 2. The number of aromatic nitrogens is 2. The monoisotopic (exact) mass is 344 g/mol. The van der Waals surface area contributed by atoms with E-state index in [4.69, 9.17) is 23.2 Å². The van der Waals surface area contributed by atoms with Crippen LogP contribution >= 0.6 is 39.1 Å². The SMILES string of the molecule is CC(C)c1nc(Br)cc(-c2ccc(Cl)c(Cl)c2)n1. The summed E-state index contributed by atoms with van der Waals surface area (Å²) in [6.45, 7) is 4.11. The second-order valence-corrected chi connectivity index (χ2v) is 5.84. The first-order valence-electron chi connectivity index (χ1n) is 5.47. The highest BCUT2D eigenvalue weighted by Crippen LogP contribution is 2.29. The van der Waals surface area contributed by atoms with Gasteiger partial charge in [-0.15, -0.1) is 0 Å². The van der Waals surface area contributed by atoms with E-state index >= 15 is 0 Å². The van der Waals surface area contributed by atoms with Crippen LogP contribution in [0.2, 0.25) is 10.0 Å². The second-order valence-electron chi connectivity index (χ2n) is 4.22. The van der Waals surface area contributed by atoms with E-state index in [1.807, 2.05) is 18.2 Å². The molecule has 0 atom stereocenters. The number of rotatable bonds is 2. The van der Waals surface area contributed by atoms with Crippen molar-refractivity contribution in [2.24, 2.45) is 0 Å². The maximum Gasteiger partial charge on any atom is 0.132 e. The van der Waals surface area contributed by atoms with Crippen LogP contribution in [-0.2, 0) is 0 Å². The molecule has 0 radical (unpaired) electrons. The largest absolute Gasteiger partial charge is 0.233 e. The smallest absolute Gasteiger partial charge is 0.132 e. The Morgan fingerprint density at radius 3 is 2.39 bits per heavy atom. The van der Waals surface area contributed by atoms with Crippen molar-refractivity contribution in [3.05, 3.63) is 44.7 Å². The van der Waals surface area contributed by atoms with Gasteiger partial charge in [0.1, 0.15) is 10.4 Å². The fraction of sp³-hybridized carbons (Fsp3) is 0.231. The first-order valence-corrected chi connectivity index (χ1v) is 7.02. The molecule has 0 fully saturated rings. The van der Waals surface area contributed by atoms with Gasteiger partial charge in [0.2, 0.25) is 0 Å². The Balaban J connectivity index is 2.53. The number of benzene rings is 1. The molecule has 1 aromatic heterocycles. The fourth-order valence-electron chi connectivity index (χ4n) is 1.50. The molecule has 18 heavy (non-hydrogen) atoms. The molecule has 0 aliphatic rings. The summed E-state index contributed by atoms with van der Waals surface area (Å²) in [7, 11) is 0. The zero-order valence-corrected chi connectivity index (χ0v) is 13.0. The van der Waals surface area contributed by atoms with Gasteiger partial charge in [0, 0.05) is 11.5 Å². The molecule has 2 nitrogen and oxygen atoms in total. The molecule has 0 amide bonds. The van der Waals surface area contributed by atoms with Crippen LogP contribution in [0.4, 0.5) is 0 Å². The Morgan fingerprint density at radius 1 is 1.06 bits per heavy atom. The lowest BCUT2D eigenvalue weighted by Crippen LogP contribution is -1.99. The van der Waals surface area contributed by atoms with Crippen LogP contribution in [0.25, 0.3) is 11.3 Å². The van der Waals surface area contributed by atoms with Crippen molar-refractivity contribution in [3.8, 4) is 11.3 Å². The summed E-state index contributed by atoms with van der Waals surface area (Å²) in [4.78, 5) is 8.88. The van der Waals surface area contributed by atoms with Crippen LogP contribution in [0.15, 0.2) is 28.9 Å². The Labute approximate surface area is 124 Å². The average Bonchev–Trinajstić information content (AvgIpc) is 2.31.